The van der Waals surface area contributed by atoms with E-state index in [9.17, 15) is 18.0 Å². The Kier molecular flexibility index (Phi) is 5.47. The number of carbonyl (C=O) groups excluding carboxylic acids is 1. The quantitative estimate of drug-likeness (QED) is 0.636. The van der Waals surface area contributed by atoms with Gasteiger partial charge in [-0.3, -0.25) is 14.4 Å². The van der Waals surface area contributed by atoms with Gasteiger partial charge in [-0.15, -0.1) is 0 Å². The number of piperazine rings is 1. The number of rotatable bonds is 3. The molecule has 0 saturated carbocycles. The second-order valence-corrected chi connectivity index (χ2v) is 7.96. The van der Waals surface area contributed by atoms with E-state index in [0.29, 0.717) is 44.0 Å². The number of benzene rings is 1. The lowest BCUT2D eigenvalue weighted by atomic mass is 10.1. The van der Waals surface area contributed by atoms with Gasteiger partial charge in [0, 0.05) is 45.2 Å². The first-order valence-electron chi connectivity index (χ1n) is 10.1. The lowest BCUT2D eigenvalue weighted by Crippen LogP contribution is -2.48. The van der Waals surface area contributed by atoms with E-state index in [4.69, 9.17) is 0 Å². The Morgan fingerprint density at radius 3 is 2.29 bits per heavy atom. The molecule has 1 fully saturated rings. The van der Waals surface area contributed by atoms with Crippen LogP contribution in [0.15, 0.2) is 30.3 Å². The third-order valence-electron chi connectivity index (χ3n) is 5.77. The molecule has 3 aromatic rings. The minimum atomic E-state index is -4.32. The monoisotopic (exact) mass is 431 g/mol. The summed E-state index contributed by atoms with van der Waals surface area (Å²) in [5, 5.41) is 5.25. The summed E-state index contributed by atoms with van der Waals surface area (Å²) >= 11 is 0. The van der Waals surface area contributed by atoms with Crippen molar-refractivity contribution in [3.8, 4) is 0 Å². The van der Waals surface area contributed by atoms with Crippen molar-refractivity contribution in [2.24, 2.45) is 7.05 Å². The molecule has 164 valence electrons. The Balaban J connectivity index is 1.41. The zero-order valence-corrected chi connectivity index (χ0v) is 17.7. The summed E-state index contributed by atoms with van der Waals surface area (Å²) < 4.78 is 39.9. The Labute approximate surface area is 178 Å². The average molecular weight is 431 g/mol. The predicted octanol–water partition coefficient (Wildman–Crippen LogP) is 3.56. The predicted molar refractivity (Wildman–Crippen MR) is 111 cm³/mol. The standard InChI is InChI=1S/C22H24F3N5O/c1-14-19(12-18-15(2)27-28(3)20(18)26-14)21(31)30-10-8-29(9-11-30)13-16-4-6-17(7-5-16)22(23,24)25/h4-7,12H,8-11,13H2,1-3H3. The maximum Gasteiger partial charge on any atom is 0.416 e. The van der Waals surface area contributed by atoms with Gasteiger partial charge in [0.2, 0.25) is 0 Å². The van der Waals surface area contributed by atoms with E-state index in [1.54, 1.807) is 4.68 Å². The van der Waals surface area contributed by atoms with Crippen LogP contribution in [0.4, 0.5) is 13.2 Å². The summed E-state index contributed by atoms with van der Waals surface area (Å²) in [5.74, 6) is -0.0515. The molecule has 0 radical (unpaired) electrons. The zero-order chi connectivity index (χ0) is 22.3. The van der Waals surface area contributed by atoms with Gasteiger partial charge >= 0.3 is 6.18 Å². The summed E-state index contributed by atoms with van der Waals surface area (Å²) in [7, 11) is 1.83. The molecule has 0 unspecified atom stereocenters. The number of hydrogen-bond donors (Lipinski definition) is 0. The summed E-state index contributed by atoms with van der Waals surface area (Å²) in [6.07, 6.45) is -4.32. The third kappa shape index (κ3) is 4.27. The summed E-state index contributed by atoms with van der Waals surface area (Å²) in [4.78, 5) is 21.6. The van der Waals surface area contributed by atoms with E-state index < -0.39 is 11.7 Å². The van der Waals surface area contributed by atoms with Gasteiger partial charge in [-0.05, 0) is 37.6 Å². The first kappa shape index (κ1) is 21.3. The Bertz CT molecular complexity index is 1110. The van der Waals surface area contributed by atoms with Crippen LogP contribution in [0.25, 0.3) is 11.0 Å². The molecule has 0 bridgehead atoms. The second kappa shape index (κ2) is 7.96. The van der Waals surface area contributed by atoms with Crippen LogP contribution in [0.5, 0.6) is 0 Å². The minimum absolute atomic E-state index is 0.0515. The van der Waals surface area contributed by atoms with Crippen LogP contribution in [-0.2, 0) is 19.8 Å². The molecule has 1 saturated heterocycles. The molecule has 0 N–H and O–H groups in total. The third-order valence-corrected chi connectivity index (χ3v) is 5.77. The molecule has 9 heteroatoms. The van der Waals surface area contributed by atoms with Crippen LogP contribution in [0.2, 0.25) is 0 Å². The largest absolute Gasteiger partial charge is 0.416 e. The van der Waals surface area contributed by atoms with Crippen LogP contribution < -0.4 is 0 Å². The number of fused-ring (bicyclic) bond motifs is 1. The number of aromatic nitrogens is 3. The molecular weight excluding hydrogens is 407 g/mol. The fourth-order valence-electron chi connectivity index (χ4n) is 3.99. The van der Waals surface area contributed by atoms with Crippen molar-refractivity contribution in [1.82, 2.24) is 24.6 Å². The minimum Gasteiger partial charge on any atom is -0.336 e. The SMILES string of the molecule is Cc1nc2c(cc1C(=O)N1CCN(Cc3ccc(C(F)(F)F)cc3)CC1)c(C)nn2C. The summed E-state index contributed by atoms with van der Waals surface area (Å²) in [6, 6.07) is 7.13. The number of halogens is 3. The lowest BCUT2D eigenvalue weighted by molar-refractivity contribution is -0.137. The number of hydrogen-bond acceptors (Lipinski definition) is 4. The Hall–Kier alpha value is -2.94. The molecule has 0 atom stereocenters. The maximum absolute atomic E-state index is 13.1. The van der Waals surface area contributed by atoms with Gasteiger partial charge in [0.25, 0.3) is 5.91 Å². The van der Waals surface area contributed by atoms with Gasteiger partial charge in [-0.25, -0.2) is 4.98 Å². The zero-order valence-electron chi connectivity index (χ0n) is 17.7. The number of amides is 1. The van der Waals surface area contributed by atoms with Crippen molar-refractivity contribution in [3.63, 3.8) is 0 Å². The van der Waals surface area contributed by atoms with Crippen molar-refractivity contribution in [1.29, 1.82) is 0 Å². The van der Waals surface area contributed by atoms with Crippen molar-refractivity contribution >= 4 is 16.9 Å². The fraction of sp³-hybridized carbons (Fsp3) is 0.409. The lowest BCUT2D eigenvalue weighted by Gasteiger charge is -2.35. The highest BCUT2D eigenvalue weighted by molar-refractivity contribution is 5.98. The summed E-state index contributed by atoms with van der Waals surface area (Å²) in [6.45, 7) is 6.72. The molecule has 2 aromatic heterocycles. The molecule has 6 nitrogen and oxygen atoms in total. The van der Waals surface area contributed by atoms with Crippen LogP contribution in [0.3, 0.4) is 0 Å². The average Bonchev–Trinajstić information content (AvgIpc) is 3.00. The number of alkyl halides is 3. The van der Waals surface area contributed by atoms with Crippen molar-refractivity contribution < 1.29 is 18.0 Å². The van der Waals surface area contributed by atoms with E-state index in [2.05, 4.69) is 15.0 Å². The molecule has 1 aliphatic heterocycles. The molecule has 1 aliphatic rings. The topological polar surface area (TPSA) is 54.3 Å². The van der Waals surface area contributed by atoms with Gasteiger partial charge in [0.05, 0.1) is 22.5 Å². The maximum atomic E-state index is 13.1. The number of aryl methyl sites for hydroxylation is 3. The molecule has 1 amide bonds. The highest BCUT2D eigenvalue weighted by atomic mass is 19.4. The van der Waals surface area contributed by atoms with Gasteiger partial charge < -0.3 is 4.90 Å². The molecule has 3 heterocycles. The van der Waals surface area contributed by atoms with E-state index >= 15 is 0 Å². The van der Waals surface area contributed by atoms with Crippen LogP contribution >= 0.6 is 0 Å². The highest BCUT2D eigenvalue weighted by Gasteiger charge is 2.30. The van der Waals surface area contributed by atoms with Gasteiger partial charge in [-0.1, -0.05) is 12.1 Å². The van der Waals surface area contributed by atoms with Crippen molar-refractivity contribution in [2.45, 2.75) is 26.6 Å². The van der Waals surface area contributed by atoms with Crippen LogP contribution in [0, 0.1) is 13.8 Å². The van der Waals surface area contributed by atoms with Gasteiger partial charge in [0.1, 0.15) is 0 Å². The molecular formula is C22H24F3N5O. The normalized spacial score (nSPS) is 15.6. The number of pyridine rings is 1. The van der Waals surface area contributed by atoms with E-state index in [1.165, 1.54) is 12.1 Å². The van der Waals surface area contributed by atoms with Crippen molar-refractivity contribution in [2.75, 3.05) is 26.2 Å². The van der Waals surface area contributed by atoms with Crippen LogP contribution in [0.1, 0.15) is 32.9 Å². The molecule has 4 rings (SSSR count). The van der Waals surface area contributed by atoms with E-state index in [1.807, 2.05) is 31.9 Å². The van der Waals surface area contributed by atoms with Gasteiger partial charge in [-0.2, -0.15) is 18.3 Å². The Morgan fingerprint density at radius 1 is 1.03 bits per heavy atom. The first-order chi connectivity index (χ1) is 14.6. The first-order valence-corrected chi connectivity index (χ1v) is 10.1. The van der Waals surface area contributed by atoms with Crippen LogP contribution in [-0.4, -0.2) is 56.7 Å². The summed E-state index contributed by atoms with van der Waals surface area (Å²) in [5.41, 5.74) is 3.03. The molecule has 0 aliphatic carbocycles. The number of nitrogens with zero attached hydrogens (tertiary/aromatic N) is 5. The molecule has 1 aromatic carbocycles. The molecule has 0 spiro atoms. The van der Waals surface area contributed by atoms with Gasteiger partial charge in [0.15, 0.2) is 5.65 Å². The van der Waals surface area contributed by atoms with E-state index in [-0.39, 0.29) is 5.91 Å². The van der Waals surface area contributed by atoms with E-state index in [0.717, 1.165) is 34.4 Å². The number of carbonyl (C=O) groups is 1. The highest BCUT2D eigenvalue weighted by Crippen LogP contribution is 2.29. The smallest absolute Gasteiger partial charge is 0.336 e. The Morgan fingerprint density at radius 2 is 1.68 bits per heavy atom. The van der Waals surface area contributed by atoms with Crippen molar-refractivity contribution in [3.05, 3.63) is 58.4 Å². The molecule has 31 heavy (non-hydrogen) atoms. The second-order valence-electron chi connectivity index (χ2n) is 7.96. The fourth-order valence-corrected chi connectivity index (χ4v) is 3.99.